The van der Waals surface area contributed by atoms with Crippen LogP contribution in [0.25, 0.3) is 0 Å². The SMILES string of the molecule is C[Si](C)(C)CCC(F)(F)c1cc(N)cc(C(F)(F)F)c1. The maximum absolute atomic E-state index is 14.0. The van der Waals surface area contributed by atoms with E-state index in [1.54, 1.807) is 0 Å². The van der Waals surface area contributed by atoms with Crippen LogP contribution in [0.15, 0.2) is 18.2 Å². The molecule has 0 bridgehead atoms. The first-order chi connectivity index (χ1) is 8.81. The van der Waals surface area contributed by atoms with Gasteiger partial charge in [0.05, 0.1) is 5.56 Å². The van der Waals surface area contributed by atoms with E-state index in [9.17, 15) is 22.0 Å². The van der Waals surface area contributed by atoms with Gasteiger partial charge in [-0.15, -0.1) is 0 Å². The van der Waals surface area contributed by atoms with Gasteiger partial charge >= 0.3 is 6.18 Å². The van der Waals surface area contributed by atoms with Gasteiger partial charge in [-0.3, -0.25) is 0 Å². The molecule has 0 atom stereocenters. The van der Waals surface area contributed by atoms with Crippen LogP contribution < -0.4 is 5.73 Å². The van der Waals surface area contributed by atoms with Crippen LogP contribution in [0.4, 0.5) is 27.6 Å². The minimum absolute atomic E-state index is 0.303. The average Bonchev–Trinajstić information content (AvgIpc) is 2.23. The standard InChI is InChI=1S/C13H18F5NSi/c1-20(2,3)5-4-12(14,15)9-6-10(13(16,17)18)8-11(19)7-9/h6-8H,4-5,19H2,1-3H3. The van der Waals surface area contributed by atoms with Crippen molar-refractivity contribution < 1.29 is 22.0 Å². The lowest BCUT2D eigenvalue weighted by molar-refractivity contribution is -0.137. The Morgan fingerprint density at radius 3 is 1.90 bits per heavy atom. The molecule has 0 unspecified atom stereocenters. The molecule has 0 heterocycles. The molecule has 1 aromatic carbocycles. The van der Waals surface area contributed by atoms with Gasteiger partial charge in [-0.2, -0.15) is 13.2 Å². The van der Waals surface area contributed by atoms with Crippen molar-refractivity contribution >= 4 is 13.8 Å². The van der Waals surface area contributed by atoms with Gasteiger partial charge in [0.25, 0.3) is 5.92 Å². The Morgan fingerprint density at radius 2 is 1.45 bits per heavy atom. The van der Waals surface area contributed by atoms with E-state index in [2.05, 4.69) is 0 Å². The number of hydrogen-bond donors (Lipinski definition) is 1. The van der Waals surface area contributed by atoms with E-state index in [1.807, 2.05) is 19.6 Å². The first-order valence-corrected chi connectivity index (χ1v) is 9.88. The van der Waals surface area contributed by atoms with Crippen molar-refractivity contribution in [3.05, 3.63) is 29.3 Å². The monoisotopic (exact) mass is 311 g/mol. The fourth-order valence-corrected chi connectivity index (χ4v) is 2.77. The Morgan fingerprint density at radius 1 is 0.950 bits per heavy atom. The van der Waals surface area contributed by atoms with E-state index in [1.165, 1.54) is 0 Å². The molecule has 0 aliphatic rings. The summed E-state index contributed by atoms with van der Waals surface area (Å²) in [5, 5.41) is 0. The third-order valence-corrected chi connectivity index (χ3v) is 4.64. The minimum Gasteiger partial charge on any atom is -0.399 e. The summed E-state index contributed by atoms with van der Waals surface area (Å²) in [5.74, 6) is -3.30. The van der Waals surface area contributed by atoms with Crippen molar-refractivity contribution in [1.82, 2.24) is 0 Å². The second-order valence-electron chi connectivity index (χ2n) is 6.11. The first-order valence-electron chi connectivity index (χ1n) is 6.17. The summed E-state index contributed by atoms with van der Waals surface area (Å²) in [7, 11) is -1.70. The number of nitrogens with two attached hydrogens (primary N) is 1. The highest BCUT2D eigenvalue weighted by Crippen LogP contribution is 2.39. The van der Waals surface area contributed by atoms with Crippen molar-refractivity contribution in [2.75, 3.05) is 5.73 Å². The first kappa shape index (κ1) is 16.9. The van der Waals surface area contributed by atoms with Crippen LogP contribution in [0.2, 0.25) is 25.7 Å². The van der Waals surface area contributed by atoms with Crippen molar-refractivity contribution in [3.8, 4) is 0 Å². The summed E-state index contributed by atoms with van der Waals surface area (Å²) in [4.78, 5) is 0. The summed E-state index contributed by atoms with van der Waals surface area (Å²) < 4.78 is 65.9. The maximum Gasteiger partial charge on any atom is 0.416 e. The molecule has 2 N–H and O–H groups in total. The van der Waals surface area contributed by atoms with Gasteiger partial charge in [0.2, 0.25) is 0 Å². The van der Waals surface area contributed by atoms with Crippen LogP contribution in [0, 0.1) is 0 Å². The number of nitrogen functional groups attached to an aromatic ring is 1. The van der Waals surface area contributed by atoms with Crippen LogP contribution >= 0.6 is 0 Å². The van der Waals surface area contributed by atoms with Gasteiger partial charge in [0, 0.05) is 25.7 Å². The molecule has 0 saturated heterocycles. The smallest absolute Gasteiger partial charge is 0.399 e. The number of anilines is 1. The quantitative estimate of drug-likeness (QED) is 0.467. The molecule has 0 radical (unpaired) electrons. The summed E-state index contributed by atoms with van der Waals surface area (Å²) >= 11 is 0. The van der Waals surface area contributed by atoms with Crippen molar-refractivity contribution in [2.45, 2.75) is 44.2 Å². The largest absolute Gasteiger partial charge is 0.416 e. The summed E-state index contributed by atoms with van der Waals surface area (Å²) in [6.07, 6.45) is -5.14. The molecule has 0 aliphatic carbocycles. The van der Waals surface area contributed by atoms with E-state index < -0.39 is 37.7 Å². The summed E-state index contributed by atoms with van der Waals surface area (Å²) in [6.45, 7) is 5.80. The second kappa shape index (κ2) is 5.35. The van der Waals surface area contributed by atoms with Gasteiger partial charge in [-0.05, 0) is 18.2 Å². The molecule has 7 heteroatoms. The Labute approximate surface area is 116 Å². The van der Waals surface area contributed by atoms with Crippen LogP contribution in [-0.2, 0) is 12.1 Å². The molecule has 0 spiro atoms. The predicted molar refractivity (Wildman–Crippen MR) is 72.5 cm³/mol. The fourth-order valence-electron chi connectivity index (χ4n) is 1.70. The predicted octanol–water partition coefficient (Wildman–Crippen LogP) is 5.11. The molecular formula is C13H18F5NSi. The number of hydrogen-bond acceptors (Lipinski definition) is 1. The summed E-state index contributed by atoms with van der Waals surface area (Å²) in [6, 6.07) is 2.40. The molecule has 114 valence electrons. The van der Waals surface area contributed by atoms with E-state index >= 15 is 0 Å². The number of alkyl halides is 5. The summed E-state index contributed by atoms with van der Waals surface area (Å²) in [5.41, 5.74) is 3.20. The van der Waals surface area contributed by atoms with Gasteiger partial charge in [0.15, 0.2) is 0 Å². The number of halogens is 5. The Bertz CT molecular complexity index is 477. The Hall–Kier alpha value is -1.11. The van der Waals surface area contributed by atoms with Crippen LogP contribution in [-0.4, -0.2) is 8.07 Å². The van der Waals surface area contributed by atoms with Gasteiger partial charge in [-0.25, -0.2) is 8.78 Å². The van der Waals surface area contributed by atoms with Crippen LogP contribution in [0.5, 0.6) is 0 Å². The molecule has 1 rings (SSSR count). The lowest BCUT2D eigenvalue weighted by atomic mass is 10.0. The van der Waals surface area contributed by atoms with E-state index in [-0.39, 0.29) is 5.69 Å². The zero-order valence-electron chi connectivity index (χ0n) is 11.6. The highest BCUT2D eigenvalue weighted by molar-refractivity contribution is 6.76. The van der Waals surface area contributed by atoms with E-state index in [0.29, 0.717) is 18.2 Å². The normalized spacial score (nSPS) is 13.6. The third-order valence-electron chi connectivity index (χ3n) is 2.89. The average molecular weight is 311 g/mol. The third kappa shape index (κ3) is 4.77. The number of benzene rings is 1. The Balaban J connectivity index is 3.09. The molecule has 0 aliphatic heterocycles. The van der Waals surface area contributed by atoms with Crippen molar-refractivity contribution in [3.63, 3.8) is 0 Å². The molecule has 0 fully saturated rings. The maximum atomic E-state index is 14.0. The molecule has 20 heavy (non-hydrogen) atoms. The minimum atomic E-state index is -4.68. The zero-order chi connectivity index (χ0) is 15.8. The lowest BCUT2D eigenvalue weighted by Crippen LogP contribution is -2.24. The zero-order valence-corrected chi connectivity index (χ0v) is 12.6. The second-order valence-corrected chi connectivity index (χ2v) is 11.7. The van der Waals surface area contributed by atoms with Crippen molar-refractivity contribution in [1.29, 1.82) is 0 Å². The fraction of sp³-hybridized carbons (Fsp3) is 0.538. The van der Waals surface area contributed by atoms with Crippen molar-refractivity contribution in [2.24, 2.45) is 0 Å². The Kier molecular flexibility index (Phi) is 4.53. The van der Waals surface area contributed by atoms with Gasteiger partial charge in [-0.1, -0.05) is 25.7 Å². The molecule has 1 nitrogen and oxygen atoms in total. The lowest BCUT2D eigenvalue weighted by Gasteiger charge is -2.23. The highest BCUT2D eigenvalue weighted by Gasteiger charge is 2.37. The molecule has 0 aromatic heterocycles. The van der Waals surface area contributed by atoms with Gasteiger partial charge < -0.3 is 5.73 Å². The van der Waals surface area contributed by atoms with E-state index in [0.717, 1.165) is 6.07 Å². The number of rotatable bonds is 4. The van der Waals surface area contributed by atoms with Crippen LogP contribution in [0.3, 0.4) is 0 Å². The molecule has 0 amide bonds. The van der Waals surface area contributed by atoms with Gasteiger partial charge in [0.1, 0.15) is 0 Å². The molecule has 0 saturated carbocycles. The van der Waals surface area contributed by atoms with Crippen LogP contribution in [0.1, 0.15) is 17.5 Å². The molecular weight excluding hydrogens is 293 g/mol. The van der Waals surface area contributed by atoms with E-state index in [4.69, 9.17) is 5.73 Å². The highest BCUT2D eigenvalue weighted by atomic mass is 28.3. The topological polar surface area (TPSA) is 26.0 Å². The molecule has 1 aromatic rings.